The van der Waals surface area contributed by atoms with Crippen molar-refractivity contribution in [1.82, 2.24) is 0 Å². The molecule has 0 saturated carbocycles. The maximum atomic E-state index is 5.18. The summed E-state index contributed by atoms with van der Waals surface area (Å²) < 4.78 is 11.4. The first-order valence-electron chi connectivity index (χ1n) is 4.92. The summed E-state index contributed by atoms with van der Waals surface area (Å²) in [4.78, 5) is 0. The molecule has 0 aromatic heterocycles. The molecule has 2 rings (SSSR count). The monoisotopic (exact) mass is 271 g/mol. The lowest BCUT2D eigenvalue weighted by Crippen LogP contribution is -2.40. The molecule has 1 N–H and O–H groups in total. The number of halogens is 1. The van der Waals surface area contributed by atoms with Gasteiger partial charge in [0.05, 0.1) is 25.9 Å². The zero-order valence-electron chi connectivity index (χ0n) is 8.63. The van der Waals surface area contributed by atoms with E-state index in [4.69, 9.17) is 9.47 Å². The SMILES string of the molecule is COCc1c(Br)cccc1NC1COC1. The summed E-state index contributed by atoms with van der Waals surface area (Å²) in [6.45, 7) is 2.19. The molecule has 0 unspecified atom stereocenters. The Labute approximate surface area is 97.9 Å². The van der Waals surface area contributed by atoms with Crippen LogP contribution in [0.25, 0.3) is 0 Å². The molecular formula is C11H14BrNO2. The summed E-state index contributed by atoms with van der Waals surface area (Å²) in [5, 5.41) is 3.44. The molecule has 0 amide bonds. The normalized spacial score (nSPS) is 16.1. The van der Waals surface area contributed by atoms with E-state index in [1.165, 1.54) is 0 Å². The van der Waals surface area contributed by atoms with Crippen LogP contribution in [0, 0.1) is 0 Å². The predicted octanol–water partition coefficient (Wildman–Crippen LogP) is 2.41. The zero-order valence-corrected chi connectivity index (χ0v) is 10.2. The molecule has 1 aromatic carbocycles. The molecule has 3 nitrogen and oxygen atoms in total. The van der Waals surface area contributed by atoms with E-state index in [2.05, 4.69) is 27.3 Å². The smallest absolute Gasteiger partial charge is 0.0744 e. The van der Waals surface area contributed by atoms with Crippen LogP contribution in [0.4, 0.5) is 5.69 Å². The molecule has 82 valence electrons. The highest BCUT2D eigenvalue weighted by molar-refractivity contribution is 9.10. The Hall–Kier alpha value is -0.580. The van der Waals surface area contributed by atoms with Crippen molar-refractivity contribution < 1.29 is 9.47 Å². The maximum Gasteiger partial charge on any atom is 0.0744 e. The number of anilines is 1. The van der Waals surface area contributed by atoms with Crippen LogP contribution in [-0.4, -0.2) is 26.4 Å². The molecule has 1 saturated heterocycles. The van der Waals surface area contributed by atoms with Gasteiger partial charge in [0.2, 0.25) is 0 Å². The fourth-order valence-corrected chi connectivity index (χ4v) is 2.00. The quantitative estimate of drug-likeness (QED) is 0.913. The van der Waals surface area contributed by atoms with Crippen molar-refractivity contribution in [1.29, 1.82) is 0 Å². The molecule has 0 atom stereocenters. The van der Waals surface area contributed by atoms with Gasteiger partial charge in [-0.1, -0.05) is 22.0 Å². The molecule has 0 bridgehead atoms. The van der Waals surface area contributed by atoms with Crippen LogP contribution in [0.5, 0.6) is 0 Å². The molecule has 1 aromatic rings. The summed E-state index contributed by atoms with van der Waals surface area (Å²) in [6.07, 6.45) is 0. The van der Waals surface area contributed by atoms with Crippen molar-refractivity contribution in [2.45, 2.75) is 12.6 Å². The first-order valence-corrected chi connectivity index (χ1v) is 5.71. The molecule has 0 radical (unpaired) electrons. The number of hydrogen-bond acceptors (Lipinski definition) is 3. The van der Waals surface area contributed by atoms with Gasteiger partial charge in [-0.15, -0.1) is 0 Å². The van der Waals surface area contributed by atoms with E-state index < -0.39 is 0 Å². The molecule has 0 aliphatic carbocycles. The van der Waals surface area contributed by atoms with Crippen LogP contribution in [0.15, 0.2) is 22.7 Å². The van der Waals surface area contributed by atoms with E-state index in [1.54, 1.807) is 7.11 Å². The first kappa shape index (κ1) is 10.9. The van der Waals surface area contributed by atoms with Gasteiger partial charge in [0.25, 0.3) is 0 Å². The van der Waals surface area contributed by atoms with E-state index in [0.717, 1.165) is 28.9 Å². The Morgan fingerprint density at radius 3 is 2.93 bits per heavy atom. The standard InChI is InChI=1S/C11H14BrNO2/c1-14-7-9-10(12)3-2-4-11(9)13-8-5-15-6-8/h2-4,8,13H,5-7H2,1H3. The Bertz CT molecular complexity index is 339. The third kappa shape index (κ3) is 2.51. The van der Waals surface area contributed by atoms with Crippen molar-refractivity contribution in [3.63, 3.8) is 0 Å². The van der Waals surface area contributed by atoms with E-state index in [-0.39, 0.29) is 0 Å². The van der Waals surface area contributed by atoms with Crippen molar-refractivity contribution >= 4 is 21.6 Å². The summed E-state index contributed by atoms with van der Waals surface area (Å²) in [6, 6.07) is 6.55. The van der Waals surface area contributed by atoms with Crippen LogP contribution < -0.4 is 5.32 Å². The van der Waals surface area contributed by atoms with Crippen LogP contribution in [-0.2, 0) is 16.1 Å². The Morgan fingerprint density at radius 1 is 1.53 bits per heavy atom. The average molecular weight is 272 g/mol. The summed E-state index contributed by atoms with van der Waals surface area (Å²) in [5.41, 5.74) is 2.28. The fraction of sp³-hybridized carbons (Fsp3) is 0.455. The molecule has 4 heteroatoms. The van der Waals surface area contributed by atoms with Crippen LogP contribution >= 0.6 is 15.9 Å². The maximum absolute atomic E-state index is 5.18. The van der Waals surface area contributed by atoms with E-state index in [9.17, 15) is 0 Å². The topological polar surface area (TPSA) is 30.5 Å². The van der Waals surface area contributed by atoms with Gasteiger partial charge in [-0.25, -0.2) is 0 Å². The second-order valence-corrected chi connectivity index (χ2v) is 4.43. The minimum Gasteiger partial charge on any atom is -0.380 e. The minimum atomic E-state index is 0.440. The number of nitrogens with one attached hydrogen (secondary N) is 1. The molecule has 1 fully saturated rings. The summed E-state index contributed by atoms with van der Waals surface area (Å²) in [7, 11) is 1.70. The van der Waals surface area contributed by atoms with Gasteiger partial charge >= 0.3 is 0 Å². The molecule has 1 aliphatic heterocycles. The van der Waals surface area contributed by atoms with Crippen molar-refractivity contribution in [2.75, 3.05) is 25.6 Å². The van der Waals surface area contributed by atoms with Gasteiger partial charge in [0.15, 0.2) is 0 Å². The van der Waals surface area contributed by atoms with Crippen molar-refractivity contribution in [2.24, 2.45) is 0 Å². The van der Waals surface area contributed by atoms with Crippen LogP contribution in [0.2, 0.25) is 0 Å². The van der Waals surface area contributed by atoms with Gasteiger partial charge in [-0.2, -0.15) is 0 Å². The van der Waals surface area contributed by atoms with Gasteiger partial charge in [0, 0.05) is 22.8 Å². The molecule has 0 spiro atoms. The van der Waals surface area contributed by atoms with Gasteiger partial charge in [-0.05, 0) is 12.1 Å². The third-order valence-electron chi connectivity index (χ3n) is 2.41. The Balaban J connectivity index is 2.15. The van der Waals surface area contributed by atoms with Crippen molar-refractivity contribution in [3.8, 4) is 0 Å². The predicted molar refractivity (Wildman–Crippen MR) is 63.1 cm³/mol. The largest absolute Gasteiger partial charge is 0.380 e. The Kier molecular flexibility index (Phi) is 3.61. The molecule has 1 heterocycles. The number of methoxy groups -OCH3 is 1. The molecule has 1 aliphatic rings. The number of benzene rings is 1. The van der Waals surface area contributed by atoms with Gasteiger partial charge < -0.3 is 14.8 Å². The highest BCUT2D eigenvalue weighted by Crippen LogP contribution is 2.26. The summed E-state index contributed by atoms with van der Waals surface area (Å²) >= 11 is 3.53. The highest BCUT2D eigenvalue weighted by atomic mass is 79.9. The highest BCUT2D eigenvalue weighted by Gasteiger charge is 2.19. The molecule has 15 heavy (non-hydrogen) atoms. The lowest BCUT2D eigenvalue weighted by Gasteiger charge is -2.29. The van der Waals surface area contributed by atoms with Gasteiger partial charge in [0.1, 0.15) is 0 Å². The van der Waals surface area contributed by atoms with Crippen LogP contribution in [0.1, 0.15) is 5.56 Å². The zero-order chi connectivity index (χ0) is 10.7. The van der Waals surface area contributed by atoms with Crippen LogP contribution in [0.3, 0.4) is 0 Å². The second-order valence-electron chi connectivity index (χ2n) is 3.58. The third-order valence-corrected chi connectivity index (χ3v) is 3.15. The Morgan fingerprint density at radius 2 is 2.33 bits per heavy atom. The van der Waals surface area contributed by atoms with Crippen molar-refractivity contribution in [3.05, 3.63) is 28.2 Å². The number of rotatable bonds is 4. The summed E-state index contributed by atoms with van der Waals surface area (Å²) in [5.74, 6) is 0. The van der Waals surface area contributed by atoms with Gasteiger partial charge in [-0.3, -0.25) is 0 Å². The number of ether oxygens (including phenoxy) is 2. The van der Waals surface area contributed by atoms with E-state index in [0.29, 0.717) is 12.6 Å². The lowest BCUT2D eigenvalue weighted by atomic mass is 10.1. The fourth-order valence-electron chi connectivity index (χ4n) is 1.52. The van der Waals surface area contributed by atoms with E-state index >= 15 is 0 Å². The molecular weight excluding hydrogens is 258 g/mol. The second kappa shape index (κ2) is 4.96. The first-order chi connectivity index (χ1) is 7.31. The minimum absolute atomic E-state index is 0.440. The lowest BCUT2D eigenvalue weighted by molar-refractivity contribution is 0.0210. The van der Waals surface area contributed by atoms with E-state index in [1.807, 2.05) is 12.1 Å². The number of hydrogen-bond donors (Lipinski definition) is 1. The average Bonchev–Trinajstić information content (AvgIpc) is 2.16.